The third-order valence-electron chi connectivity index (χ3n) is 6.36. The molecule has 5 rings (SSSR count). The van der Waals surface area contributed by atoms with Crippen LogP contribution in [0.2, 0.25) is 0 Å². The Labute approximate surface area is 157 Å². The Morgan fingerprint density at radius 3 is 3.07 bits per heavy atom. The molecule has 4 heterocycles. The van der Waals surface area contributed by atoms with Gasteiger partial charge in [0.1, 0.15) is 24.2 Å². The molecule has 27 heavy (non-hydrogen) atoms. The highest BCUT2D eigenvalue weighted by Gasteiger charge is 2.50. The lowest BCUT2D eigenvalue weighted by Gasteiger charge is -2.35. The van der Waals surface area contributed by atoms with E-state index >= 15 is 4.39 Å². The van der Waals surface area contributed by atoms with Crippen LogP contribution in [0.25, 0.3) is 0 Å². The molecule has 0 spiro atoms. The lowest BCUT2D eigenvalue weighted by Crippen LogP contribution is -2.39. The smallest absolute Gasteiger partial charge is 0.415 e. The molecule has 1 amide bonds. The number of ketones is 1. The summed E-state index contributed by atoms with van der Waals surface area (Å²) in [5.74, 6) is 0.411. The maximum atomic E-state index is 15.0. The van der Waals surface area contributed by atoms with Crippen LogP contribution in [0.15, 0.2) is 6.07 Å². The first-order valence-electron chi connectivity index (χ1n) is 9.84. The third kappa shape index (κ3) is 2.43. The van der Waals surface area contributed by atoms with Gasteiger partial charge in [-0.1, -0.05) is 6.92 Å². The number of cyclic esters (lactones) is 1. The van der Waals surface area contributed by atoms with Crippen molar-refractivity contribution in [3.05, 3.63) is 17.4 Å². The van der Waals surface area contributed by atoms with Crippen molar-refractivity contribution in [2.45, 2.75) is 63.6 Å². The fraction of sp³-hybridized carbons (Fsp3) is 0.600. The van der Waals surface area contributed by atoms with Crippen LogP contribution in [-0.2, 0) is 16.0 Å². The molecule has 6 nitrogen and oxygen atoms in total. The second-order valence-electron chi connectivity index (χ2n) is 7.83. The monoisotopic (exact) mass is 374 g/mol. The van der Waals surface area contributed by atoms with Crippen LogP contribution < -0.4 is 14.5 Å². The van der Waals surface area contributed by atoms with E-state index in [0.29, 0.717) is 49.4 Å². The number of benzene rings is 1. The summed E-state index contributed by atoms with van der Waals surface area (Å²) < 4.78 is 26.5. The number of carbonyl (C=O) groups excluding carboxylic acids is 2. The fourth-order valence-corrected chi connectivity index (χ4v) is 4.97. The summed E-state index contributed by atoms with van der Waals surface area (Å²) in [6.07, 6.45) is 3.22. The van der Waals surface area contributed by atoms with Gasteiger partial charge in [-0.3, -0.25) is 9.69 Å². The van der Waals surface area contributed by atoms with Crippen LogP contribution in [0.4, 0.5) is 20.6 Å². The highest BCUT2D eigenvalue weighted by atomic mass is 19.1. The number of rotatable bonds is 4. The molecule has 0 aromatic heterocycles. The van der Waals surface area contributed by atoms with Gasteiger partial charge in [0.15, 0.2) is 11.6 Å². The second-order valence-corrected chi connectivity index (χ2v) is 7.83. The van der Waals surface area contributed by atoms with Crippen molar-refractivity contribution in [1.29, 1.82) is 0 Å². The lowest BCUT2D eigenvalue weighted by molar-refractivity contribution is -0.119. The number of halogens is 1. The van der Waals surface area contributed by atoms with Crippen LogP contribution in [0.5, 0.6) is 5.75 Å². The van der Waals surface area contributed by atoms with Gasteiger partial charge in [-0.25, -0.2) is 9.18 Å². The minimum atomic E-state index is -0.457. The van der Waals surface area contributed by atoms with Gasteiger partial charge in [0.05, 0.1) is 17.8 Å². The minimum Gasteiger partial charge on any atom is -0.489 e. The van der Waals surface area contributed by atoms with Gasteiger partial charge >= 0.3 is 6.09 Å². The van der Waals surface area contributed by atoms with E-state index in [0.717, 1.165) is 24.9 Å². The van der Waals surface area contributed by atoms with Crippen LogP contribution >= 0.6 is 0 Å². The van der Waals surface area contributed by atoms with Crippen LogP contribution in [0, 0.1) is 5.82 Å². The first-order chi connectivity index (χ1) is 13.1. The zero-order valence-corrected chi connectivity index (χ0v) is 15.4. The average Bonchev–Trinajstić information content (AvgIpc) is 3.35. The van der Waals surface area contributed by atoms with E-state index in [1.807, 2.05) is 6.92 Å². The zero-order chi connectivity index (χ0) is 18.7. The van der Waals surface area contributed by atoms with E-state index in [1.54, 1.807) is 4.90 Å². The number of amides is 1. The molecule has 1 aromatic rings. The Kier molecular flexibility index (Phi) is 3.81. The molecule has 1 aromatic carbocycles. The molecule has 0 aliphatic carbocycles. The third-order valence-corrected chi connectivity index (χ3v) is 6.36. The summed E-state index contributed by atoms with van der Waals surface area (Å²) in [6, 6.07) is 1.51. The Balaban J connectivity index is 1.48. The van der Waals surface area contributed by atoms with Crippen molar-refractivity contribution < 1.29 is 23.5 Å². The molecule has 0 bridgehead atoms. The number of hydrogen-bond acceptors (Lipinski definition) is 5. The summed E-state index contributed by atoms with van der Waals surface area (Å²) in [5, 5.41) is 0. The summed E-state index contributed by atoms with van der Waals surface area (Å²) >= 11 is 0. The Hall–Kier alpha value is -2.31. The molecule has 4 aliphatic heterocycles. The summed E-state index contributed by atoms with van der Waals surface area (Å²) in [7, 11) is 0. The van der Waals surface area contributed by atoms with Crippen molar-refractivity contribution in [1.82, 2.24) is 0 Å². The van der Waals surface area contributed by atoms with Crippen LogP contribution in [0.1, 0.15) is 44.6 Å². The number of Topliss-reactive ketones (excluding diaryl/α,β-unsaturated/α-hetero) is 1. The van der Waals surface area contributed by atoms with E-state index in [1.165, 1.54) is 6.07 Å². The number of fused-ring (bicyclic) bond motifs is 7. The minimum absolute atomic E-state index is 0.159. The van der Waals surface area contributed by atoms with E-state index in [9.17, 15) is 9.59 Å². The van der Waals surface area contributed by atoms with Gasteiger partial charge < -0.3 is 14.4 Å². The van der Waals surface area contributed by atoms with Crippen molar-refractivity contribution in [3.63, 3.8) is 0 Å². The first kappa shape index (κ1) is 16.8. The number of nitrogens with zero attached hydrogens (tertiary/aromatic N) is 2. The molecule has 3 atom stereocenters. The largest absolute Gasteiger partial charge is 0.489 e. The van der Waals surface area contributed by atoms with E-state index in [4.69, 9.17) is 9.47 Å². The number of ether oxygens (including phenoxy) is 2. The van der Waals surface area contributed by atoms with E-state index in [2.05, 4.69) is 4.90 Å². The summed E-state index contributed by atoms with van der Waals surface area (Å²) in [6.45, 7) is 3.23. The second kappa shape index (κ2) is 6.11. The predicted molar refractivity (Wildman–Crippen MR) is 97.0 cm³/mol. The average molecular weight is 374 g/mol. The molecular formula is C20H23FN2O4. The molecule has 0 radical (unpaired) electrons. The Morgan fingerprint density at radius 2 is 2.26 bits per heavy atom. The maximum absolute atomic E-state index is 15.0. The van der Waals surface area contributed by atoms with Gasteiger partial charge in [0, 0.05) is 37.4 Å². The fourth-order valence-electron chi connectivity index (χ4n) is 4.97. The summed E-state index contributed by atoms with van der Waals surface area (Å²) in [4.78, 5) is 27.8. The SMILES string of the molecule is CCC(=O)CC[C@@H]1OC(=O)N2c3cc(F)c4c(c3C[C@@H]12)OCC1CCCN41. The van der Waals surface area contributed by atoms with E-state index < -0.39 is 6.09 Å². The quantitative estimate of drug-likeness (QED) is 0.810. The molecule has 0 saturated carbocycles. The first-order valence-corrected chi connectivity index (χ1v) is 9.84. The highest BCUT2D eigenvalue weighted by Crippen LogP contribution is 2.51. The van der Waals surface area contributed by atoms with Crippen molar-refractivity contribution in [3.8, 4) is 5.75 Å². The van der Waals surface area contributed by atoms with Gasteiger partial charge in [0.2, 0.25) is 0 Å². The molecule has 4 aliphatic rings. The van der Waals surface area contributed by atoms with Crippen molar-refractivity contribution in [2.24, 2.45) is 0 Å². The molecule has 2 saturated heterocycles. The molecule has 2 fully saturated rings. The molecule has 0 N–H and O–H groups in total. The number of anilines is 2. The van der Waals surface area contributed by atoms with Gasteiger partial charge in [-0.15, -0.1) is 0 Å². The maximum Gasteiger partial charge on any atom is 0.415 e. The standard InChI is InChI=1S/C20H23FN2O4/c1-2-12(24)5-6-17-16-8-13-15(23(16)20(25)27-17)9-14(21)18-19(13)26-10-11-4-3-7-22(11)18/h9,11,16-17H,2-8,10H2,1H3/t11?,16-,17-/m0/s1. The van der Waals surface area contributed by atoms with Gasteiger partial charge in [0.25, 0.3) is 0 Å². The topological polar surface area (TPSA) is 59.1 Å². The van der Waals surface area contributed by atoms with Gasteiger partial charge in [-0.05, 0) is 19.3 Å². The lowest BCUT2D eigenvalue weighted by atomic mass is 9.99. The Morgan fingerprint density at radius 1 is 1.41 bits per heavy atom. The molecular weight excluding hydrogens is 351 g/mol. The van der Waals surface area contributed by atoms with Crippen molar-refractivity contribution >= 4 is 23.3 Å². The molecule has 1 unspecified atom stereocenters. The summed E-state index contributed by atoms with van der Waals surface area (Å²) in [5.41, 5.74) is 2.00. The molecule has 144 valence electrons. The van der Waals surface area contributed by atoms with Crippen LogP contribution in [-0.4, -0.2) is 43.2 Å². The number of carbonyl (C=O) groups is 2. The van der Waals surface area contributed by atoms with Crippen LogP contribution in [0.3, 0.4) is 0 Å². The predicted octanol–water partition coefficient (Wildman–Crippen LogP) is 3.20. The Bertz CT molecular complexity index is 827. The van der Waals surface area contributed by atoms with E-state index in [-0.39, 0.29) is 29.8 Å². The highest BCUT2D eigenvalue weighted by molar-refractivity contribution is 5.95. The zero-order valence-electron chi connectivity index (χ0n) is 15.4. The van der Waals surface area contributed by atoms with Gasteiger partial charge in [-0.2, -0.15) is 0 Å². The normalized spacial score (nSPS) is 27.6. The molecule has 7 heteroatoms. The number of hydrogen-bond donors (Lipinski definition) is 0. The van der Waals surface area contributed by atoms with Crippen molar-refractivity contribution in [2.75, 3.05) is 23.0 Å².